The van der Waals surface area contributed by atoms with E-state index in [0.29, 0.717) is 30.2 Å². The maximum absolute atomic E-state index is 12.5. The van der Waals surface area contributed by atoms with Crippen molar-refractivity contribution in [3.05, 3.63) is 58.7 Å². The molecule has 162 valence electrons. The molecule has 32 heavy (non-hydrogen) atoms. The van der Waals surface area contributed by atoms with E-state index in [9.17, 15) is 9.90 Å². The van der Waals surface area contributed by atoms with Gasteiger partial charge in [0.25, 0.3) is 5.91 Å². The molecule has 1 aliphatic rings. The van der Waals surface area contributed by atoms with Gasteiger partial charge in [0.15, 0.2) is 5.60 Å². The number of thiazole rings is 2. The fraction of sp³-hybridized carbons (Fsp3) is 0.227. The molecule has 4 aromatic rings. The lowest BCUT2D eigenvalue weighted by Gasteiger charge is -2.21. The minimum absolute atomic E-state index is 0.272. The maximum atomic E-state index is 12.5. The summed E-state index contributed by atoms with van der Waals surface area (Å²) in [5, 5.41) is 18.7. The molecule has 1 aromatic carbocycles. The zero-order valence-electron chi connectivity index (χ0n) is 17.4. The van der Waals surface area contributed by atoms with Gasteiger partial charge < -0.3 is 15.3 Å². The molecule has 0 bridgehead atoms. The number of likely N-dealkylation sites (N-methyl/N-ethyl adjacent to an activating group) is 1. The van der Waals surface area contributed by atoms with Crippen LogP contribution in [0.15, 0.2) is 48.1 Å². The number of anilines is 2. The Balaban J connectivity index is 1.41. The van der Waals surface area contributed by atoms with Crippen molar-refractivity contribution in [3.8, 4) is 22.0 Å². The van der Waals surface area contributed by atoms with Crippen molar-refractivity contribution in [2.45, 2.75) is 18.9 Å². The van der Waals surface area contributed by atoms with E-state index < -0.39 is 5.60 Å². The number of hydrogen-bond acceptors (Lipinski definition) is 9. The second-order valence-electron chi connectivity index (χ2n) is 7.59. The molecule has 2 N–H and O–H groups in total. The number of aryl methyl sites for hydroxylation is 1. The summed E-state index contributed by atoms with van der Waals surface area (Å²) in [7, 11) is 1.71. The van der Waals surface area contributed by atoms with Crippen molar-refractivity contribution in [2.24, 2.45) is 0 Å². The third-order valence-electron chi connectivity index (χ3n) is 5.38. The van der Waals surface area contributed by atoms with Gasteiger partial charge in [-0.25, -0.2) is 19.9 Å². The molecule has 1 aliphatic heterocycles. The van der Waals surface area contributed by atoms with Gasteiger partial charge in [-0.05, 0) is 24.6 Å². The summed E-state index contributed by atoms with van der Waals surface area (Å²) in [4.78, 5) is 31.8. The maximum Gasteiger partial charge on any atom is 0.258 e. The van der Waals surface area contributed by atoms with Crippen molar-refractivity contribution >= 4 is 39.5 Å². The highest BCUT2D eigenvalue weighted by atomic mass is 32.1. The Morgan fingerprint density at radius 1 is 1.19 bits per heavy atom. The largest absolute Gasteiger partial charge is 0.375 e. The number of carbonyl (C=O) groups is 1. The summed E-state index contributed by atoms with van der Waals surface area (Å²) >= 11 is 3.02. The van der Waals surface area contributed by atoms with Gasteiger partial charge in [-0.1, -0.05) is 18.2 Å². The average Bonchev–Trinajstić information content (AvgIpc) is 3.52. The predicted molar refractivity (Wildman–Crippen MR) is 125 cm³/mol. The van der Waals surface area contributed by atoms with Crippen LogP contribution in [0.25, 0.3) is 22.0 Å². The number of aromatic nitrogens is 4. The van der Waals surface area contributed by atoms with Crippen LogP contribution in [-0.4, -0.2) is 49.4 Å². The van der Waals surface area contributed by atoms with Crippen LogP contribution in [0.5, 0.6) is 0 Å². The van der Waals surface area contributed by atoms with E-state index in [2.05, 4.69) is 20.3 Å². The second-order valence-corrected chi connectivity index (χ2v) is 9.68. The molecule has 0 unspecified atom stereocenters. The molecule has 1 atom stereocenters. The summed E-state index contributed by atoms with van der Waals surface area (Å²) in [6.45, 7) is 2.48. The summed E-state index contributed by atoms with van der Waals surface area (Å²) in [5.74, 6) is 0.209. The molecule has 1 amide bonds. The Bertz CT molecular complexity index is 1300. The minimum Gasteiger partial charge on any atom is -0.375 e. The van der Waals surface area contributed by atoms with Gasteiger partial charge in [0.1, 0.15) is 15.7 Å². The summed E-state index contributed by atoms with van der Waals surface area (Å²) < 4.78 is 0. The lowest BCUT2D eigenvalue weighted by atomic mass is 9.91. The third-order valence-corrected chi connectivity index (χ3v) is 7.09. The summed E-state index contributed by atoms with van der Waals surface area (Å²) in [6.07, 6.45) is 3.82. The normalized spacial score (nSPS) is 18.3. The molecule has 0 radical (unpaired) electrons. The summed E-state index contributed by atoms with van der Waals surface area (Å²) in [5.41, 5.74) is 1.40. The predicted octanol–water partition coefficient (Wildman–Crippen LogP) is 3.83. The van der Waals surface area contributed by atoms with Crippen molar-refractivity contribution in [2.75, 3.05) is 18.9 Å². The first-order valence-corrected chi connectivity index (χ1v) is 11.7. The van der Waals surface area contributed by atoms with Gasteiger partial charge in [0.2, 0.25) is 5.95 Å². The van der Waals surface area contributed by atoms with Crippen molar-refractivity contribution in [1.29, 1.82) is 0 Å². The van der Waals surface area contributed by atoms with Crippen LogP contribution in [0.1, 0.15) is 17.0 Å². The fourth-order valence-electron chi connectivity index (χ4n) is 3.65. The van der Waals surface area contributed by atoms with Gasteiger partial charge >= 0.3 is 0 Å². The van der Waals surface area contributed by atoms with E-state index in [0.717, 1.165) is 26.3 Å². The quantitative estimate of drug-likeness (QED) is 0.463. The number of likely N-dealkylation sites (tertiary alicyclic amines) is 1. The van der Waals surface area contributed by atoms with Crippen LogP contribution >= 0.6 is 22.7 Å². The zero-order chi connectivity index (χ0) is 22.3. The molecule has 5 rings (SSSR count). The van der Waals surface area contributed by atoms with Crippen molar-refractivity contribution in [1.82, 2.24) is 24.8 Å². The number of benzene rings is 1. The van der Waals surface area contributed by atoms with Crippen LogP contribution in [0, 0.1) is 6.92 Å². The Kier molecular flexibility index (Phi) is 5.20. The number of nitrogens with one attached hydrogen (secondary N) is 1. The van der Waals surface area contributed by atoms with Crippen LogP contribution < -0.4 is 5.32 Å². The molecular weight excluding hydrogens is 444 g/mol. The van der Waals surface area contributed by atoms with E-state index in [1.807, 2.05) is 36.6 Å². The van der Waals surface area contributed by atoms with Gasteiger partial charge in [0.05, 0.1) is 16.9 Å². The monoisotopic (exact) mass is 464 g/mol. The van der Waals surface area contributed by atoms with Crippen LogP contribution in [-0.2, 0) is 10.4 Å². The highest BCUT2D eigenvalue weighted by molar-refractivity contribution is 7.15. The Labute approximate surface area is 192 Å². The lowest BCUT2D eigenvalue weighted by Crippen LogP contribution is -2.36. The SMILES string of the molecule is Cc1ncc(Nc2nccc(-c3csc(-c4cccc([C@]5(O)CCN(C)C5=O)c4)n3)n2)s1. The Morgan fingerprint density at radius 2 is 2.06 bits per heavy atom. The van der Waals surface area contributed by atoms with Crippen LogP contribution in [0.2, 0.25) is 0 Å². The number of hydrogen-bond donors (Lipinski definition) is 2. The van der Waals surface area contributed by atoms with E-state index in [4.69, 9.17) is 4.98 Å². The number of aliphatic hydroxyl groups is 1. The first-order chi connectivity index (χ1) is 15.4. The molecule has 4 heterocycles. The molecular formula is C22H20N6O2S2. The topological polar surface area (TPSA) is 104 Å². The minimum atomic E-state index is -1.48. The first-order valence-electron chi connectivity index (χ1n) is 10.00. The van der Waals surface area contributed by atoms with E-state index in [-0.39, 0.29) is 5.91 Å². The molecule has 8 nitrogen and oxygen atoms in total. The van der Waals surface area contributed by atoms with E-state index in [1.54, 1.807) is 30.4 Å². The molecule has 1 saturated heterocycles. The van der Waals surface area contributed by atoms with Gasteiger partial charge in [-0.2, -0.15) is 0 Å². The fourth-order valence-corrected chi connectivity index (χ4v) is 5.13. The number of amides is 1. The van der Waals surface area contributed by atoms with E-state index >= 15 is 0 Å². The molecule has 10 heteroatoms. The second kappa shape index (κ2) is 8.05. The van der Waals surface area contributed by atoms with Crippen LogP contribution in [0.4, 0.5) is 10.9 Å². The molecule has 0 saturated carbocycles. The number of carbonyl (C=O) groups excluding carboxylic acids is 1. The van der Waals surface area contributed by atoms with Crippen LogP contribution in [0.3, 0.4) is 0 Å². The first kappa shape index (κ1) is 20.7. The Morgan fingerprint density at radius 3 is 2.81 bits per heavy atom. The standard InChI is InChI=1S/C22H20N6O2S2/c1-13-24-11-18(32-13)27-21-23-8-6-16(26-21)17-12-31-19(25-17)14-4-3-5-15(10-14)22(30)7-9-28(2)20(22)29/h3-6,8,10-12,30H,7,9H2,1-2H3,(H,23,26,27)/t22-/m1/s1. The molecule has 0 spiro atoms. The highest BCUT2D eigenvalue weighted by Gasteiger charge is 2.45. The molecule has 3 aromatic heterocycles. The number of rotatable bonds is 5. The van der Waals surface area contributed by atoms with Gasteiger partial charge in [-0.15, -0.1) is 22.7 Å². The Hall–Kier alpha value is -3.21. The number of nitrogens with zero attached hydrogens (tertiary/aromatic N) is 5. The smallest absolute Gasteiger partial charge is 0.258 e. The van der Waals surface area contributed by atoms with Crippen molar-refractivity contribution < 1.29 is 9.90 Å². The molecule has 0 aliphatic carbocycles. The van der Waals surface area contributed by atoms with Gasteiger partial charge in [-0.3, -0.25) is 4.79 Å². The lowest BCUT2D eigenvalue weighted by molar-refractivity contribution is -0.143. The van der Waals surface area contributed by atoms with Gasteiger partial charge in [0, 0.05) is 37.2 Å². The van der Waals surface area contributed by atoms with E-state index in [1.165, 1.54) is 22.7 Å². The summed E-state index contributed by atoms with van der Waals surface area (Å²) in [6, 6.07) is 9.22. The van der Waals surface area contributed by atoms with Crippen molar-refractivity contribution in [3.63, 3.8) is 0 Å². The molecule has 1 fully saturated rings. The third kappa shape index (κ3) is 3.77. The average molecular weight is 465 g/mol. The zero-order valence-corrected chi connectivity index (χ0v) is 19.1. The highest BCUT2D eigenvalue weighted by Crippen LogP contribution is 2.36.